The first-order valence-corrected chi connectivity index (χ1v) is 18.7. The fraction of sp³-hybridized carbons (Fsp3) is 0.683. The molecule has 0 aromatic heterocycles. The second-order valence-electron chi connectivity index (χ2n) is 14.4. The summed E-state index contributed by atoms with van der Waals surface area (Å²) in [7, 11) is 0. The normalized spacial score (nSPS) is 23.4. The predicted octanol–water partition coefficient (Wildman–Crippen LogP) is 6.78. The number of carboxylic acid groups (broad SMARTS) is 1. The Morgan fingerprint density at radius 2 is 1.85 bits per heavy atom. The quantitative estimate of drug-likeness (QED) is 0.0754. The largest absolute Gasteiger partial charge is 0.481 e. The topological polar surface area (TPSA) is 130 Å². The predicted molar refractivity (Wildman–Crippen MR) is 194 cm³/mol. The third kappa shape index (κ3) is 12.8. The summed E-state index contributed by atoms with van der Waals surface area (Å²) in [6.07, 6.45) is 16.2. The minimum absolute atomic E-state index is 0.123. The number of aliphatic hydroxyl groups excluding tert-OH is 4. The van der Waals surface area contributed by atoms with Crippen LogP contribution in [0.15, 0.2) is 41.5 Å². The Morgan fingerprint density at radius 1 is 1.08 bits per heavy atom. The summed E-state index contributed by atoms with van der Waals surface area (Å²) >= 11 is 0. The molecule has 0 amide bonds. The zero-order valence-electron chi connectivity index (χ0n) is 29.9. The second kappa shape index (κ2) is 20.9. The van der Waals surface area contributed by atoms with Gasteiger partial charge in [0.05, 0.1) is 31.3 Å². The average Bonchev–Trinajstić information content (AvgIpc) is 3.51. The van der Waals surface area contributed by atoms with E-state index in [4.69, 9.17) is 0 Å². The molecule has 1 aliphatic carbocycles. The monoisotopic (exact) mass is 665 g/mol. The molecule has 2 aliphatic rings. The Kier molecular flexibility index (Phi) is 17.4. The molecule has 7 nitrogen and oxygen atoms in total. The van der Waals surface area contributed by atoms with Crippen molar-refractivity contribution in [3.8, 4) is 11.8 Å². The number of carboxylic acids is 1. The van der Waals surface area contributed by atoms with Gasteiger partial charge in [-0.2, -0.15) is 0 Å². The number of fused-ring (bicyclic) bond motifs is 1. The molecule has 0 spiro atoms. The highest BCUT2D eigenvalue weighted by molar-refractivity contribution is 5.67. The Bertz CT molecular complexity index is 1250. The first-order valence-electron chi connectivity index (χ1n) is 18.7. The number of aryl methyl sites for hydroxylation is 2. The lowest BCUT2D eigenvalue weighted by Crippen LogP contribution is -2.46. The van der Waals surface area contributed by atoms with Gasteiger partial charge in [-0.1, -0.05) is 101 Å². The van der Waals surface area contributed by atoms with E-state index in [1.165, 1.54) is 5.56 Å². The molecule has 1 aromatic rings. The maximum absolute atomic E-state index is 11.7. The van der Waals surface area contributed by atoms with Gasteiger partial charge in [0.15, 0.2) is 0 Å². The van der Waals surface area contributed by atoms with Gasteiger partial charge in [0.1, 0.15) is 0 Å². The van der Waals surface area contributed by atoms with Crippen LogP contribution in [0.5, 0.6) is 0 Å². The molecule has 7 heteroatoms. The van der Waals surface area contributed by atoms with Crippen LogP contribution in [-0.2, 0) is 17.6 Å². The second-order valence-corrected chi connectivity index (χ2v) is 14.4. The number of benzene rings is 1. The lowest BCUT2D eigenvalue weighted by atomic mass is 9.77. The van der Waals surface area contributed by atoms with E-state index in [0.717, 1.165) is 106 Å². The summed E-state index contributed by atoms with van der Waals surface area (Å²) in [6.45, 7) is 5.70. The molecule has 1 aromatic carbocycles. The number of hydrogen-bond acceptors (Lipinski definition) is 6. The molecule has 1 heterocycles. The van der Waals surface area contributed by atoms with E-state index < -0.39 is 24.3 Å². The lowest BCUT2D eigenvalue weighted by molar-refractivity contribution is -0.139. The number of rotatable bonds is 18. The van der Waals surface area contributed by atoms with E-state index in [2.05, 4.69) is 49.2 Å². The molecular formula is C41H63NO6. The minimum atomic E-state index is -0.948. The van der Waals surface area contributed by atoms with Crippen molar-refractivity contribution in [2.45, 2.75) is 167 Å². The van der Waals surface area contributed by atoms with Gasteiger partial charge in [0, 0.05) is 24.1 Å². The number of carbonyl (C=O) groups is 1. The Morgan fingerprint density at radius 3 is 2.52 bits per heavy atom. The Hall–Kier alpha value is -2.47. The fourth-order valence-electron chi connectivity index (χ4n) is 7.72. The van der Waals surface area contributed by atoms with Gasteiger partial charge in [0.25, 0.3) is 0 Å². The first kappa shape index (κ1) is 40.0. The highest BCUT2D eigenvalue weighted by Crippen LogP contribution is 2.45. The van der Waals surface area contributed by atoms with E-state index in [-0.39, 0.29) is 36.9 Å². The summed E-state index contributed by atoms with van der Waals surface area (Å²) in [4.78, 5) is 11.7. The van der Waals surface area contributed by atoms with E-state index in [1.54, 1.807) is 6.92 Å². The van der Waals surface area contributed by atoms with Gasteiger partial charge >= 0.3 is 5.97 Å². The van der Waals surface area contributed by atoms with Crippen LogP contribution in [-0.4, -0.2) is 68.5 Å². The number of aliphatic carboxylic acids is 1. The summed E-state index contributed by atoms with van der Waals surface area (Å²) in [5.41, 5.74) is 5.30. The summed E-state index contributed by atoms with van der Waals surface area (Å²) in [5, 5.41) is 56.1. The van der Waals surface area contributed by atoms with Crippen LogP contribution in [0.2, 0.25) is 0 Å². The zero-order chi connectivity index (χ0) is 34.9. The number of aliphatic hydroxyl groups is 4. The number of hydrogen-bond donors (Lipinski definition) is 6. The molecule has 6 N–H and O–H groups in total. The van der Waals surface area contributed by atoms with Gasteiger partial charge in [-0.3, -0.25) is 4.79 Å². The van der Waals surface area contributed by atoms with Gasteiger partial charge in [-0.15, -0.1) is 0 Å². The van der Waals surface area contributed by atoms with Gasteiger partial charge < -0.3 is 30.8 Å². The summed E-state index contributed by atoms with van der Waals surface area (Å²) < 4.78 is 0. The van der Waals surface area contributed by atoms with Crippen molar-refractivity contribution in [2.75, 3.05) is 6.61 Å². The summed E-state index contributed by atoms with van der Waals surface area (Å²) in [6, 6.07) is 5.82. The van der Waals surface area contributed by atoms with Crippen LogP contribution in [0.3, 0.4) is 0 Å². The maximum Gasteiger partial charge on any atom is 0.303 e. The molecular weight excluding hydrogens is 602 g/mol. The smallest absolute Gasteiger partial charge is 0.303 e. The molecule has 1 aliphatic heterocycles. The van der Waals surface area contributed by atoms with Crippen LogP contribution < -0.4 is 5.32 Å². The summed E-state index contributed by atoms with van der Waals surface area (Å²) in [5.74, 6) is 6.11. The number of unbranched alkanes of at least 4 members (excludes halogenated alkanes) is 3. The zero-order valence-corrected chi connectivity index (χ0v) is 29.9. The molecule has 1 saturated carbocycles. The molecule has 3 rings (SSSR count). The van der Waals surface area contributed by atoms with Crippen LogP contribution in [0.1, 0.15) is 140 Å². The van der Waals surface area contributed by atoms with E-state index in [1.807, 2.05) is 12.2 Å². The van der Waals surface area contributed by atoms with E-state index >= 15 is 0 Å². The standard InChI is InChI=1S/C41H63NO6/c1-4-6-7-16-34(45)23-22-33-21-20-32-15-12-14-31(5-2)36(32)17-13-19-38(30(3)44)42-39(37(33)27-35(46)29-43)18-8-9-24-41(28-40(47)48)25-10-11-26-41/h12,14-15,22-23,30,34-35,38-39,42-46H,4-11,16,18-21,24-29H2,1-3H3,(H,47,48)/b23-22+,37-33+/t30-,34-,35-,38+,39-/m0/s1. The Labute approximate surface area is 289 Å². The van der Waals surface area contributed by atoms with Gasteiger partial charge in [-0.25, -0.2) is 0 Å². The molecule has 268 valence electrons. The van der Waals surface area contributed by atoms with Crippen LogP contribution in [0.4, 0.5) is 0 Å². The van der Waals surface area contributed by atoms with Crippen molar-refractivity contribution >= 4 is 5.97 Å². The molecule has 1 fully saturated rings. The van der Waals surface area contributed by atoms with Gasteiger partial charge in [-0.05, 0) is 92.4 Å². The highest BCUT2D eigenvalue weighted by atomic mass is 16.4. The highest BCUT2D eigenvalue weighted by Gasteiger charge is 2.35. The fourth-order valence-corrected chi connectivity index (χ4v) is 7.72. The first-order chi connectivity index (χ1) is 23.1. The van der Waals surface area contributed by atoms with Crippen LogP contribution in [0, 0.1) is 17.3 Å². The van der Waals surface area contributed by atoms with E-state index in [9.17, 15) is 30.3 Å². The molecule has 0 radical (unpaired) electrons. The maximum atomic E-state index is 11.7. The van der Waals surface area contributed by atoms with Crippen LogP contribution in [0.25, 0.3) is 0 Å². The average molecular weight is 666 g/mol. The number of allylic oxidation sites excluding steroid dienone is 2. The molecule has 0 bridgehead atoms. The van der Waals surface area contributed by atoms with Crippen molar-refractivity contribution in [2.24, 2.45) is 5.41 Å². The third-order valence-electron chi connectivity index (χ3n) is 10.6. The lowest BCUT2D eigenvalue weighted by Gasteiger charge is -2.32. The van der Waals surface area contributed by atoms with Crippen LogP contribution >= 0.6 is 0 Å². The Balaban J connectivity index is 2.04. The number of nitrogens with one attached hydrogen (secondary N) is 1. The van der Waals surface area contributed by atoms with Gasteiger partial charge in [0.2, 0.25) is 0 Å². The van der Waals surface area contributed by atoms with E-state index in [0.29, 0.717) is 19.3 Å². The molecule has 0 unspecified atom stereocenters. The molecule has 5 atom stereocenters. The van der Waals surface area contributed by atoms with Crippen molar-refractivity contribution in [1.29, 1.82) is 0 Å². The minimum Gasteiger partial charge on any atom is -0.481 e. The van der Waals surface area contributed by atoms with Crippen molar-refractivity contribution in [1.82, 2.24) is 5.32 Å². The SMILES string of the molecule is CCCCC[C@H](O)/C=C/C1=C(\C[C@H](O)CO)[C@H](CCCCC2(CC(=O)O)CCCC2)N[C@@H]([C@H](C)O)CC#Cc2c(CC)cccc2CC1. The third-order valence-corrected chi connectivity index (χ3v) is 10.6. The molecule has 48 heavy (non-hydrogen) atoms. The molecule has 0 saturated heterocycles. The van der Waals surface area contributed by atoms with Crippen molar-refractivity contribution in [3.05, 3.63) is 58.2 Å². The van der Waals surface area contributed by atoms with Crippen molar-refractivity contribution < 1.29 is 30.3 Å². The van der Waals surface area contributed by atoms with Crippen molar-refractivity contribution in [3.63, 3.8) is 0 Å².